The molecule has 0 unspecified atom stereocenters. The molecule has 0 saturated heterocycles. The van der Waals surface area contributed by atoms with Crippen molar-refractivity contribution in [2.75, 3.05) is 13.2 Å². The molecule has 212 valence electrons. The Hall–Kier alpha value is -3.37. The Bertz CT molecular complexity index is 1230. The number of benzene rings is 3. The third kappa shape index (κ3) is 8.08. The second-order valence-electron chi connectivity index (χ2n) is 11.2. The van der Waals surface area contributed by atoms with Crippen molar-refractivity contribution in [3.8, 4) is 28.0 Å². The first-order valence-corrected chi connectivity index (χ1v) is 14.9. The normalized spacial score (nSPS) is 16.9. The van der Waals surface area contributed by atoms with Gasteiger partial charge in [0.1, 0.15) is 19.0 Å². The summed E-state index contributed by atoms with van der Waals surface area (Å²) in [6, 6.07) is 23.2. The van der Waals surface area contributed by atoms with Gasteiger partial charge >= 0.3 is 5.97 Å². The van der Waals surface area contributed by atoms with Crippen molar-refractivity contribution >= 4 is 5.97 Å². The van der Waals surface area contributed by atoms with E-state index in [0.29, 0.717) is 17.2 Å². The topological polar surface area (TPSA) is 55.8 Å². The molecule has 3 aromatic rings. The summed E-state index contributed by atoms with van der Waals surface area (Å²) in [5.74, 6) is 1.89. The average Bonchev–Trinajstić information content (AvgIpc) is 2.99. The summed E-state index contributed by atoms with van der Waals surface area (Å²) in [7, 11) is 0. The maximum Gasteiger partial charge on any atom is 0.333 e. The summed E-state index contributed by atoms with van der Waals surface area (Å²) in [4.78, 5) is 12.2. The van der Waals surface area contributed by atoms with E-state index < -0.39 is 5.97 Å². The number of ether oxygens (including phenoxy) is 2. The summed E-state index contributed by atoms with van der Waals surface area (Å²) in [5.41, 5.74) is 7.02. The van der Waals surface area contributed by atoms with Crippen molar-refractivity contribution < 1.29 is 19.4 Å². The number of carbonyl (C=O) groups excluding carboxylic acids is 1. The van der Waals surface area contributed by atoms with E-state index in [9.17, 15) is 4.79 Å². The van der Waals surface area contributed by atoms with Gasteiger partial charge in [-0.3, -0.25) is 0 Å². The highest BCUT2D eigenvalue weighted by Crippen LogP contribution is 2.38. The lowest BCUT2D eigenvalue weighted by molar-refractivity contribution is -0.140. The fourth-order valence-corrected chi connectivity index (χ4v) is 5.75. The van der Waals surface area contributed by atoms with E-state index in [1.807, 2.05) is 24.3 Å². The predicted octanol–water partition coefficient (Wildman–Crippen LogP) is 8.87. The van der Waals surface area contributed by atoms with Crippen molar-refractivity contribution in [1.29, 1.82) is 0 Å². The molecule has 3 aromatic carbocycles. The van der Waals surface area contributed by atoms with Crippen LogP contribution in [0.2, 0.25) is 0 Å². The molecular formula is C36H44O4. The zero-order valence-electron chi connectivity index (χ0n) is 24.2. The first-order chi connectivity index (χ1) is 19.5. The number of unbranched alkanes of at least 4 members (excludes halogenated alkanes) is 2. The fraction of sp³-hybridized carbons (Fsp3) is 0.417. The van der Waals surface area contributed by atoms with Crippen LogP contribution in [0.3, 0.4) is 0 Å². The highest BCUT2D eigenvalue weighted by Gasteiger charge is 2.22. The number of aliphatic hydroxyl groups excluding tert-OH is 1. The third-order valence-electron chi connectivity index (χ3n) is 8.12. The number of carbonyl (C=O) groups is 1. The number of hydrogen-bond acceptors (Lipinski definition) is 4. The van der Waals surface area contributed by atoms with Gasteiger partial charge in [0, 0.05) is 5.57 Å². The third-order valence-corrected chi connectivity index (χ3v) is 8.12. The quantitative estimate of drug-likeness (QED) is 0.134. The molecule has 1 aliphatic rings. The highest BCUT2D eigenvalue weighted by molar-refractivity contribution is 5.87. The van der Waals surface area contributed by atoms with Crippen molar-refractivity contribution in [3.63, 3.8) is 0 Å². The van der Waals surface area contributed by atoms with Crippen molar-refractivity contribution in [3.05, 3.63) is 90.0 Å². The second kappa shape index (κ2) is 14.9. The van der Waals surface area contributed by atoms with Crippen molar-refractivity contribution in [2.24, 2.45) is 5.92 Å². The van der Waals surface area contributed by atoms with Gasteiger partial charge in [0.25, 0.3) is 0 Å². The van der Waals surface area contributed by atoms with E-state index in [1.54, 1.807) is 6.92 Å². The van der Waals surface area contributed by atoms with E-state index in [2.05, 4.69) is 56.0 Å². The summed E-state index contributed by atoms with van der Waals surface area (Å²) in [6.45, 7) is 8.05. The molecule has 4 rings (SSSR count). The Balaban J connectivity index is 1.50. The van der Waals surface area contributed by atoms with Crippen LogP contribution in [0, 0.1) is 5.92 Å². The molecule has 1 fully saturated rings. The molecule has 0 aliphatic heterocycles. The molecule has 4 nitrogen and oxygen atoms in total. The average molecular weight is 541 g/mol. The molecule has 40 heavy (non-hydrogen) atoms. The van der Waals surface area contributed by atoms with Gasteiger partial charge in [0.2, 0.25) is 0 Å². The molecule has 1 aliphatic carbocycles. The van der Waals surface area contributed by atoms with Crippen molar-refractivity contribution in [2.45, 2.75) is 77.7 Å². The standard InChI is InChI=1S/C36H44O4/c1-4-5-6-7-27-8-10-28(11-9-27)29-12-14-30(15-13-29)32-18-21-35(33(24-32)25-40-36(38)26(2)3)31-16-19-34(20-17-31)39-23-22-37/h12-21,24,27-28,37H,2,4-11,22-23,25H2,1,3H3. The van der Waals surface area contributed by atoms with Crippen LogP contribution in [-0.4, -0.2) is 24.3 Å². The highest BCUT2D eigenvalue weighted by atomic mass is 16.5. The molecule has 0 spiro atoms. The van der Waals surface area contributed by atoms with Gasteiger partial charge in [0.05, 0.1) is 6.61 Å². The zero-order chi connectivity index (χ0) is 28.3. The number of hydrogen-bond donors (Lipinski definition) is 1. The minimum absolute atomic E-state index is 0.0251. The number of esters is 1. The van der Waals surface area contributed by atoms with E-state index in [1.165, 1.54) is 56.9 Å². The van der Waals surface area contributed by atoms with Gasteiger partial charge in [-0.2, -0.15) is 0 Å². The molecule has 0 radical (unpaired) electrons. The zero-order valence-corrected chi connectivity index (χ0v) is 24.2. The molecule has 0 bridgehead atoms. The molecule has 0 amide bonds. The second-order valence-corrected chi connectivity index (χ2v) is 11.2. The van der Waals surface area contributed by atoms with Crippen LogP contribution in [0.5, 0.6) is 5.75 Å². The van der Waals surface area contributed by atoms with Crippen LogP contribution in [0.1, 0.15) is 82.3 Å². The first kappa shape index (κ1) is 29.6. The minimum Gasteiger partial charge on any atom is -0.491 e. The van der Waals surface area contributed by atoms with Crippen LogP contribution in [-0.2, 0) is 16.1 Å². The van der Waals surface area contributed by atoms with Crippen LogP contribution in [0.25, 0.3) is 22.3 Å². The lowest BCUT2D eigenvalue weighted by Crippen LogP contribution is -2.13. The summed E-state index contributed by atoms with van der Waals surface area (Å²) in [6.07, 6.45) is 10.8. The van der Waals surface area contributed by atoms with Gasteiger partial charge in [0.15, 0.2) is 0 Å². The van der Waals surface area contributed by atoms with Gasteiger partial charge in [-0.25, -0.2) is 4.79 Å². The van der Waals surface area contributed by atoms with Crippen LogP contribution in [0.4, 0.5) is 0 Å². The Morgan fingerprint density at radius 2 is 1.57 bits per heavy atom. The summed E-state index contributed by atoms with van der Waals surface area (Å²) < 4.78 is 11.1. The van der Waals surface area contributed by atoms with Gasteiger partial charge in [-0.1, -0.05) is 87.7 Å². The minimum atomic E-state index is -0.395. The monoisotopic (exact) mass is 540 g/mol. The Kier molecular flexibility index (Phi) is 11.0. The molecular weight excluding hydrogens is 496 g/mol. The van der Waals surface area contributed by atoms with Gasteiger partial charge in [-0.15, -0.1) is 0 Å². The summed E-state index contributed by atoms with van der Waals surface area (Å²) in [5, 5.41) is 9.01. The lowest BCUT2D eigenvalue weighted by Gasteiger charge is -2.29. The van der Waals surface area contributed by atoms with Crippen LogP contribution >= 0.6 is 0 Å². The van der Waals surface area contributed by atoms with E-state index in [0.717, 1.165) is 33.7 Å². The summed E-state index contributed by atoms with van der Waals surface area (Å²) >= 11 is 0. The lowest BCUT2D eigenvalue weighted by atomic mass is 9.77. The van der Waals surface area contributed by atoms with E-state index in [4.69, 9.17) is 14.6 Å². The van der Waals surface area contributed by atoms with Gasteiger partial charge < -0.3 is 14.6 Å². The van der Waals surface area contributed by atoms with E-state index >= 15 is 0 Å². The Labute approximate surface area is 240 Å². The molecule has 1 saturated carbocycles. The first-order valence-electron chi connectivity index (χ1n) is 14.9. The molecule has 0 atom stereocenters. The number of rotatable bonds is 13. The molecule has 1 N–H and O–H groups in total. The maximum atomic E-state index is 12.2. The molecule has 4 heteroatoms. The number of aliphatic hydroxyl groups is 1. The van der Waals surface area contributed by atoms with Crippen LogP contribution in [0.15, 0.2) is 78.9 Å². The Morgan fingerprint density at radius 3 is 2.23 bits per heavy atom. The van der Waals surface area contributed by atoms with E-state index in [-0.39, 0.29) is 19.8 Å². The van der Waals surface area contributed by atoms with Crippen LogP contribution < -0.4 is 4.74 Å². The molecule has 0 heterocycles. The fourth-order valence-electron chi connectivity index (χ4n) is 5.75. The van der Waals surface area contributed by atoms with Gasteiger partial charge in [-0.05, 0) is 96.0 Å². The SMILES string of the molecule is C=C(C)C(=O)OCc1cc(-c2ccc(C3CCC(CCCCC)CC3)cc2)ccc1-c1ccc(OCCO)cc1. The largest absolute Gasteiger partial charge is 0.491 e. The maximum absolute atomic E-state index is 12.2. The molecule has 0 aromatic heterocycles. The van der Waals surface area contributed by atoms with Crippen molar-refractivity contribution in [1.82, 2.24) is 0 Å². The predicted molar refractivity (Wildman–Crippen MR) is 163 cm³/mol. The smallest absolute Gasteiger partial charge is 0.333 e. The Morgan fingerprint density at radius 1 is 0.900 bits per heavy atom.